The number of primary amides is 1. The van der Waals surface area contributed by atoms with Gasteiger partial charge in [-0.15, -0.1) is 0 Å². The van der Waals surface area contributed by atoms with Crippen LogP contribution in [0.4, 0.5) is 16.2 Å². The number of amides is 2. The van der Waals surface area contributed by atoms with Crippen molar-refractivity contribution < 1.29 is 4.79 Å². The van der Waals surface area contributed by atoms with Crippen molar-refractivity contribution in [1.29, 1.82) is 0 Å². The van der Waals surface area contributed by atoms with Crippen LogP contribution in [0, 0.1) is 0 Å². The molecule has 0 spiro atoms. The van der Waals surface area contributed by atoms with Crippen LogP contribution in [0.5, 0.6) is 0 Å². The van der Waals surface area contributed by atoms with Crippen LogP contribution in [0.3, 0.4) is 0 Å². The molecule has 0 fully saturated rings. The summed E-state index contributed by atoms with van der Waals surface area (Å²) in [4.78, 5) is 10.7. The Balaban J connectivity index is 2.85. The molecule has 1 rings (SSSR count). The molecule has 13 heavy (non-hydrogen) atoms. The van der Waals surface area contributed by atoms with E-state index in [1.165, 1.54) is 0 Å². The number of carbonyl (C=O) groups is 1. The molecule has 1 aromatic carbocycles. The molecular formula is C8H10ClN3O. The lowest BCUT2D eigenvalue weighted by molar-refractivity contribution is 0.257. The first-order valence-corrected chi connectivity index (χ1v) is 4.02. The van der Waals surface area contributed by atoms with E-state index >= 15 is 0 Å². The highest BCUT2D eigenvalue weighted by Gasteiger charge is 2.07. The SMILES string of the molecule is CNc1ccc(N(Cl)C(N)=O)cc1. The van der Waals surface area contributed by atoms with E-state index in [1.54, 1.807) is 24.3 Å². The monoisotopic (exact) mass is 199 g/mol. The fraction of sp³-hybridized carbons (Fsp3) is 0.125. The molecule has 0 heterocycles. The van der Waals surface area contributed by atoms with Crippen LogP contribution in [-0.2, 0) is 0 Å². The molecule has 0 unspecified atom stereocenters. The third-order valence-corrected chi connectivity index (χ3v) is 1.94. The fourth-order valence-electron chi connectivity index (χ4n) is 0.886. The Morgan fingerprint density at radius 3 is 2.38 bits per heavy atom. The van der Waals surface area contributed by atoms with Crippen molar-refractivity contribution >= 4 is 29.2 Å². The van der Waals surface area contributed by atoms with Crippen molar-refractivity contribution in [2.24, 2.45) is 5.73 Å². The highest BCUT2D eigenvalue weighted by atomic mass is 35.5. The van der Waals surface area contributed by atoms with Crippen molar-refractivity contribution in [1.82, 2.24) is 0 Å². The van der Waals surface area contributed by atoms with Crippen LogP contribution in [0.15, 0.2) is 24.3 Å². The minimum Gasteiger partial charge on any atom is -0.388 e. The summed E-state index contributed by atoms with van der Waals surface area (Å²) in [7, 11) is 1.81. The zero-order valence-electron chi connectivity index (χ0n) is 7.12. The van der Waals surface area contributed by atoms with Gasteiger partial charge >= 0.3 is 6.03 Å². The second-order valence-electron chi connectivity index (χ2n) is 2.42. The summed E-state index contributed by atoms with van der Waals surface area (Å²) in [5.41, 5.74) is 6.47. The van der Waals surface area contributed by atoms with Crippen LogP contribution in [0.1, 0.15) is 0 Å². The minimum absolute atomic E-state index is 0.549. The molecule has 0 bridgehead atoms. The summed E-state index contributed by atoms with van der Waals surface area (Å²) in [6.45, 7) is 0. The van der Waals surface area contributed by atoms with Crippen LogP contribution in [-0.4, -0.2) is 13.1 Å². The van der Waals surface area contributed by atoms with E-state index in [9.17, 15) is 4.79 Å². The molecule has 0 saturated carbocycles. The zero-order valence-corrected chi connectivity index (χ0v) is 7.88. The number of nitrogens with one attached hydrogen (secondary N) is 1. The fourth-order valence-corrected chi connectivity index (χ4v) is 0.999. The van der Waals surface area contributed by atoms with Crippen LogP contribution >= 0.6 is 11.8 Å². The molecular weight excluding hydrogens is 190 g/mol. The molecule has 5 heteroatoms. The number of hydrogen-bond acceptors (Lipinski definition) is 2. The summed E-state index contributed by atoms with van der Waals surface area (Å²) in [5, 5.41) is 2.94. The zero-order chi connectivity index (χ0) is 9.84. The molecule has 0 saturated heterocycles. The number of benzene rings is 1. The van der Waals surface area contributed by atoms with Crippen LogP contribution in [0.2, 0.25) is 0 Å². The van der Waals surface area contributed by atoms with E-state index in [4.69, 9.17) is 17.5 Å². The smallest absolute Gasteiger partial charge is 0.334 e. The Morgan fingerprint density at radius 1 is 1.46 bits per heavy atom. The molecule has 0 radical (unpaired) electrons. The molecule has 70 valence electrons. The maximum atomic E-state index is 10.7. The minimum atomic E-state index is -0.695. The number of anilines is 2. The van der Waals surface area contributed by atoms with E-state index in [0.29, 0.717) is 5.69 Å². The highest BCUT2D eigenvalue weighted by molar-refractivity contribution is 6.36. The van der Waals surface area contributed by atoms with Gasteiger partial charge in [-0.2, -0.15) is 0 Å². The summed E-state index contributed by atoms with van der Waals surface area (Å²) in [6, 6.07) is 6.30. The lowest BCUT2D eigenvalue weighted by Crippen LogP contribution is -2.26. The standard InChI is InChI=1S/C8H10ClN3O/c1-11-6-2-4-7(5-3-6)12(9)8(10)13/h2-5,11H,1H3,(H2,10,13). The normalized spacial score (nSPS) is 9.38. The largest absolute Gasteiger partial charge is 0.388 e. The molecule has 0 aliphatic heterocycles. The Labute approximate surface area is 81.4 Å². The molecule has 0 atom stereocenters. The topological polar surface area (TPSA) is 58.4 Å². The van der Waals surface area contributed by atoms with Crippen molar-refractivity contribution in [3.05, 3.63) is 24.3 Å². The summed E-state index contributed by atoms with van der Waals surface area (Å²) in [5.74, 6) is 0. The van der Waals surface area contributed by atoms with E-state index in [0.717, 1.165) is 10.1 Å². The van der Waals surface area contributed by atoms with Crippen LogP contribution < -0.4 is 15.5 Å². The molecule has 1 aromatic rings. The second-order valence-corrected chi connectivity index (χ2v) is 2.75. The van der Waals surface area contributed by atoms with Gasteiger partial charge in [0.25, 0.3) is 0 Å². The number of nitrogens with zero attached hydrogens (tertiary/aromatic N) is 1. The number of nitrogens with two attached hydrogens (primary N) is 1. The number of halogens is 1. The Bertz CT molecular complexity index is 299. The molecule has 0 aliphatic carbocycles. The van der Waals surface area contributed by atoms with E-state index in [2.05, 4.69) is 5.32 Å². The van der Waals surface area contributed by atoms with Gasteiger partial charge in [0.2, 0.25) is 0 Å². The van der Waals surface area contributed by atoms with Crippen molar-refractivity contribution in [2.75, 3.05) is 16.8 Å². The number of urea groups is 1. The number of rotatable bonds is 2. The average molecular weight is 200 g/mol. The van der Waals surface area contributed by atoms with Crippen molar-refractivity contribution in [3.8, 4) is 0 Å². The van der Waals surface area contributed by atoms with Crippen molar-refractivity contribution in [2.45, 2.75) is 0 Å². The van der Waals surface area contributed by atoms with Gasteiger partial charge in [-0.05, 0) is 24.3 Å². The van der Waals surface area contributed by atoms with Gasteiger partial charge in [-0.3, -0.25) is 0 Å². The predicted octanol–water partition coefficient (Wildman–Crippen LogP) is 1.77. The second kappa shape index (κ2) is 4.00. The molecule has 3 N–H and O–H groups in total. The van der Waals surface area contributed by atoms with Crippen LogP contribution in [0.25, 0.3) is 0 Å². The molecule has 0 aliphatic rings. The number of carbonyl (C=O) groups excluding carboxylic acids is 1. The van der Waals surface area contributed by atoms with E-state index in [-0.39, 0.29) is 0 Å². The lowest BCUT2D eigenvalue weighted by Gasteiger charge is -2.10. The first-order valence-electron chi connectivity index (χ1n) is 3.68. The highest BCUT2D eigenvalue weighted by Crippen LogP contribution is 2.18. The predicted molar refractivity (Wildman–Crippen MR) is 53.9 cm³/mol. The maximum Gasteiger partial charge on any atom is 0.334 e. The van der Waals surface area contributed by atoms with Gasteiger partial charge in [0, 0.05) is 24.5 Å². The van der Waals surface area contributed by atoms with Crippen molar-refractivity contribution in [3.63, 3.8) is 0 Å². The molecule has 4 nitrogen and oxygen atoms in total. The lowest BCUT2D eigenvalue weighted by atomic mass is 10.3. The summed E-state index contributed by atoms with van der Waals surface area (Å²) >= 11 is 5.58. The average Bonchev–Trinajstić information content (AvgIpc) is 2.17. The van der Waals surface area contributed by atoms with Gasteiger partial charge in [0.05, 0.1) is 5.69 Å². The number of hydrogen-bond donors (Lipinski definition) is 2. The third kappa shape index (κ3) is 2.26. The molecule has 2 amide bonds. The Morgan fingerprint density at radius 2 is 2.00 bits per heavy atom. The quantitative estimate of drug-likeness (QED) is 0.714. The third-order valence-electron chi connectivity index (χ3n) is 1.58. The Hall–Kier alpha value is -1.42. The van der Waals surface area contributed by atoms with Gasteiger partial charge in [-0.1, -0.05) is 0 Å². The van der Waals surface area contributed by atoms with E-state index < -0.39 is 6.03 Å². The summed E-state index contributed by atoms with van der Waals surface area (Å²) in [6.07, 6.45) is 0. The first kappa shape index (κ1) is 9.67. The van der Waals surface area contributed by atoms with Gasteiger partial charge in [-0.25, -0.2) is 9.21 Å². The van der Waals surface area contributed by atoms with E-state index in [1.807, 2.05) is 7.05 Å². The van der Waals surface area contributed by atoms with Gasteiger partial charge < -0.3 is 11.1 Å². The summed E-state index contributed by atoms with van der Waals surface area (Å²) < 4.78 is 0.861. The first-order chi connectivity index (χ1) is 6.15. The Kier molecular flexibility index (Phi) is 2.97. The van der Waals surface area contributed by atoms with Gasteiger partial charge in [0.15, 0.2) is 0 Å². The maximum absolute atomic E-state index is 10.7. The molecule has 0 aromatic heterocycles. The van der Waals surface area contributed by atoms with Gasteiger partial charge in [0.1, 0.15) is 0 Å².